The van der Waals surface area contributed by atoms with Gasteiger partial charge < -0.3 is 19.9 Å². The van der Waals surface area contributed by atoms with Crippen LogP contribution < -0.4 is 10.9 Å². The highest BCUT2D eigenvalue weighted by atomic mass is 19.4. The summed E-state index contributed by atoms with van der Waals surface area (Å²) in [6.07, 6.45) is -2.38. The Hall–Kier alpha value is -2.36. The number of hydrogen-bond acceptors (Lipinski definition) is 4. The third-order valence-electron chi connectivity index (χ3n) is 6.39. The first kappa shape index (κ1) is 19.9. The fourth-order valence-electron chi connectivity index (χ4n) is 4.84. The zero-order chi connectivity index (χ0) is 20.9. The fraction of sp³-hybridized carbons (Fsp3) is 0.632. The molecule has 0 bridgehead atoms. The molecule has 2 fully saturated rings. The molecule has 0 aromatic carbocycles. The highest BCUT2D eigenvalue weighted by molar-refractivity contribution is 5.90. The molecule has 29 heavy (non-hydrogen) atoms. The van der Waals surface area contributed by atoms with Gasteiger partial charge in [0.15, 0.2) is 0 Å². The first-order valence-corrected chi connectivity index (χ1v) is 9.70. The molecule has 2 amide bonds. The summed E-state index contributed by atoms with van der Waals surface area (Å²) in [5, 5.41) is 11.9. The number of rotatable bonds is 4. The predicted molar refractivity (Wildman–Crippen MR) is 94.5 cm³/mol. The smallest absolute Gasteiger partial charge is 0.396 e. The maximum absolute atomic E-state index is 13.2. The molecule has 4 rings (SSSR count). The molecule has 0 radical (unpaired) electrons. The van der Waals surface area contributed by atoms with Crippen molar-refractivity contribution in [1.82, 2.24) is 14.8 Å². The summed E-state index contributed by atoms with van der Waals surface area (Å²) in [4.78, 5) is 39.5. The van der Waals surface area contributed by atoms with Crippen LogP contribution in [0.15, 0.2) is 23.0 Å². The van der Waals surface area contributed by atoms with Crippen LogP contribution in [-0.2, 0) is 16.1 Å². The third kappa shape index (κ3) is 3.33. The molecule has 1 aliphatic carbocycles. The number of amides is 2. The molecule has 0 spiro atoms. The number of pyridine rings is 1. The first-order valence-electron chi connectivity index (χ1n) is 9.70. The second-order valence-electron chi connectivity index (χ2n) is 8.01. The minimum atomic E-state index is -4.58. The van der Waals surface area contributed by atoms with Gasteiger partial charge in [-0.05, 0) is 18.9 Å². The Morgan fingerprint density at radius 2 is 1.97 bits per heavy atom. The largest absolute Gasteiger partial charge is 0.405 e. The van der Waals surface area contributed by atoms with Crippen LogP contribution in [-0.4, -0.2) is 51.8 Å². The van der Waals surface area contributed by atoms with Crippen LogP contribution in [0.3, 0.4) is 0 Å². The average molecular weight is 413 g/mol. The Labute approximate surface area is 164 Å². The third-order valence-corrected chi connectivity index (χ3v) is 6.39. The van der Waals surface area contributed by atoms with Crippen LogP contribution in [0.5, 0.6) is 0 Å². The van der Waals surface area contributed by atoms with Gasteiger partial charge in [0, 0.05) is 42.7 Å². The SMILES string of the molecule is O=C(NCC(F)(F)F)[C@H]1[C@H](CO)[C@H]2Cn3c(cccc3=O)[C@H]2N1C(=O)C1CCC1. The number of aliphatic hydroxyl groups is 1. The van der Waals surface area contributed by atoms with E-state index in [1.807, 2.05) is 5.32 Å². The second kappa shape index (κ2) is 7.16. The van der Waals surface area contributed by atoms with Gasteiger partial charge in [-0.1, -0.05) is 12.5 Å². The minimum Gasteiger partial charge on any atom is -0.396 e. The quantitative estimate of drug-likeness (QED) is 0.765. The summed E-state index contributed by atoms with van der Waals surface area (Å²) >= 11 is 0. The Morgan fingerprint density at radius 1 is 1.24 bits per heavy atom. The van der Waals surface area contributed by atoms with Crippen LogP contribution in [0.25, 0.3) is 0 Å². The monoisotopic (exact) mass is 413 g/mol. The number of aliphatic hydroxyl groups excluding tert-OH is 1. The summed E-state index contributed by atoms with van der Waals surface area (Å²) in [5.74, 6) is -2.67. The fourth-order valence-corrected chi connectivity index (χ4v) is 4.84. The molecule has 2 N–H and O–H groups in total. The lowest BCUT2D eigenvalue weighted by Gasteiger charge is -2.36. The van der Waals surface area contributed by atoms with Gasteiger partial charge >= 0.3 is 6.18 Å². The Balaban J connectivity index is 1.72. The lowest BCUT2D eigenvalue weighted by molar-refractivity contribution is -0.150. The molecule has 158 valence electrons. The van der Waals surface area contributed by atoms with Crippen molar-refractivity contribution in [3.8, 4) is 0 Å². The van der Waals surface area contributed by atoms with Crippen molar-refractivity contribution < 1.29 is 27.9 Å². The normalized spacial score (nSPS) is 28.6. The summed E-state index contributed by atoms with van der Waals surface area (Å²) in [5.41, 5.74) is 0.308. The average Bonchev–Trinajstić information content (AvgIpc) is 3.12. The summed E-state index contributed by atoms with van der Waals surface area (Å²) in [7, 11) is 0. The van der Waals surface area contributed by atoms with Crippen molar-refractivity contribution in [2.45, 2.75) is 44.1 Å². The van der Waals surface area contributed by atoms with E-state index in [1.165, 1.54) is 15.5 Å². The standard InChI is InChI=1S/C19H22F3N3O4/c20-19(21,22)9-23-17(28)16-12(8-26)11-7-24-13(5-2-6-14(24)27)15(11)25(16)18(29)10-3-1-4-10/h2,5-6,10-12,15-16,26H,1,3-4,7-9H2,(H,23,28)/t11-,12-,15+,16-/m1/s1. The van der Waals surface area contributed by atoms with E-state index in [0.29, 0.717) is 18.5 Å². The van der Waals surface area contributed by atoms with Crippen LogP contribution in [0.4, 0.5) is 13.2 Å². The number of nitrogens with one attached hydrogen (secondary N) is 1. The van der Waals surface area contributed by atoms with Gasteiger partial charge in [-0.25, -0.2) is 0 Å². The van der Waals surface area contributed by atoms with Crippen LogP contribution >= 0.6 is 0 Å². The molecule has 10 heteroatoms. The molecule has 3 heterocycles. The van der Waals surface area contributed by atoms with Crippen molar-refractivity contribution >= 4 is 11.8 Å². The van der Waals surface area contributed by atoms with E-state index in [0.717, 1.165) is 6.42 Å². The summed E-state index contributed by atoms with van der Waals surface area (Å²) in [6, 6.07) is 2.83. The van der Waals surface area contributed by atoms with E-state index in [2.05, 4.69) is 0 Å². The number of carbonyl (C=O) groups is 2. The number of halogens is 3. The molecule has 1 aromatic rings. The molecule has 3 aliphatic rings. The zero-order valence-corrected chi connectivity index (χ0v) is 15.6. The van der Waals surface area contributed by atoms with Gasteiger partial charge in [0.25, 0.3) is 5.56 Å². The molecule has 4 atom stereocenters. The number of alkyl halides is 3. The van der Waals surface area contributed by atoms with Crippen LogP contribution in [0.2, 0.25) is 0 Å². The van der Waals surface area contributed by atoms with Crippen molar-refractivity contribution in [3.05, 3.63) is 34.2 Å². The lowest BCUT2D eigenvalue weighted by atomic mass is 9.84. The predicted octanol–water partition coefficient (Wildman–Crippen LogP) is 0.817. The summed E-state index contributed by atoms with van der Waals surface area (Å²) < 4.78 is 39.4. The van der Waals surface area contributed by atoms with E-state index in [1.54, 1.807) is 12.1 Å². The Morgan fingerprint density at radius 3 is 2.55 bits per heavy atom. The maximum Gasteiger partial charge on any atom is 0.405 e. The van der Waals surface area contributed by atoms with Gasteiger partial charge in [0.1, 0.15) is 12.6 Å². The molecule has 1 saturated heterocycles. The van der Waals surface area contributed by atoms with Crippen LogP contribution in [0, 0.1) is 17.8 Å². The number of aromatic nitrogens is 1. The number of likely N-dealkylation sites (tertiary alicyclic amines) is 1. The van der Waals surface area contributed by atoms with E-state index in [9.17, 15) is 32.7 Å². The molecular weight excluding hydrogens is 391 g/mol. The second-order valence-corrected chi connectivity index (χ2v) is 8.01. The topological polar surface area (TPSA) is 91.6 Å². The van der Waals surface area contributed by atoms with Crippen molar-refractivity contribution in [2.75, 3.05) is 13.2 Å². The molecule has 1 saturated carbocycles. The van der Waals surface area contributed by atoms with Crippen molar-refractivity contribution in [2.24, 2.45) is 17.8 Å². The van der Waals surface area contributed by atoms with E-state index in [4.69, 9.17) is 0 Å². The minimum absolute atomic E-state index is 0.211. The van der Waals surface area contributed by atoms with Gasteiger partial charge in [-0.3, -0.25) is 14.4 Å². The molecule has 0 unspecified atom stereocenters. The Kier molecular flexibility index (Phi) is 4.92. The molecule has 7 nitrogen and oxygen atoms in total. The molecule has 1 aromatic heterocycles. The van der Waals surface area contributed by atoms with Gasteiger partial charge in [0.2, 0.25) is 11.8 Å². The van der Waals surface area contributed by atoms with Crippen molar-refractivity contribution in [3.63, 3.8) is 0 Å². The highest BCUT2D eigenvalue weighted by Crippen LogP contribution is 2.50. The maximum atomic E-state index is 13.2. The number of fused-ring (bicyclic) bond motifs is 3. The number of nitrogens with zero attached hydrogens (tertiary/aromatic N) is 2. The van der Waals surface area contributed by atoms with Crippen LogP contribution in [0.1, 0.15) is 31.0 Å². The Bertz CT molecular complexity index is 880. The summed E-state index contributed by atoms with van der Waals surface area (Å²) in [6.45, 7) is -1.76. The zero-order valence-electron chi connectivity index (χ0n) is 15.6. The molecule has 2 aliphatic heterocycles. The lowest BCUT2D eigenvalue weighted by Crippen LogP contribution is -2.53. The van der Waals surface area contributed by atoms with Gasteiger partial charge in [0.05, 0.1) is 6.04 Å². The first-order chi connectivity index (χ1) is 13.7. The van der Waals surface area contributed by atoms with E-state index < -0.39 is 49.2 Å². The van der Waals surface area contributed by atoms with E-state index in [-0.39, 0.29) is 23.9 Å². The van der Waals surface area contributed by atoms with Gasteiger partial charge in [-0.2, -0.15) is 13.2 Å². The van der Waals surface area contributed by atoms with Gasteiger partial charge in [-0.15, -0.1) is 0 Å². The van der Waals surface area contributed by atoms with Crippen molar-refractivity contribution in [1.29, 1.82) is 0 Å². The number of carbonyl (C=O) groups excluding carboxylic acids is 2. The van der Waals surface area contributed by atoms with E-state index >= 15 is 0 Å². The number of hydrogen-bond donors (Lipinski definition) is 2. The molecular formula is C19H22F3N3O4. The highest BCUT2D eigenvalue weighted by Gasteiger charge is 2.58.